The van der Waals surface area contributed by atoms with Crippen molar-refractivity contribution in [2.45, 2.75) is 25.2 Å². The molecule has 0 radical (unpaired) electrons. The minimum atomic E-state index is -0.810. The summed E-state index contributed by atoms with van der Waals surface area (Å²) in [6.45, 7) is 0. The van der Waals surface area contributed by atoms with Crippen LogP contribution in [-0.2, 0) is 14.3 Å². The molecule has 1 aromatic rings. The molecule has 0 aliphatic rings. The minimum absolute atomic E-state index is 0.177. The number of hydrogen-bond donors (Lipinski definition) is 0. The van der Waals surface area contributed by atoms with Crippen molar-refractivity contribution >= 4 is 23.4 Å². The average molecular weight is 280 g/mol. The largest absolute Gasteiger partial charge is 0.469 e. The van der Waals surface area contributed by atoms with Gasteiger partial charge in [0.2, 0.25) is 0 Å². The highest BCUT2D eigenvalue weighted by atomic mass is 35.5. The Morgan fingerprint density at radius 1 is 1.32 bits per heavy atom. The Balaban J connectivity index is 2.60. The summed E-state index contributed by atoms with van der Waals surface area (Å²) in [5.74, 6) is -1.36. The van der Waals surface area contributed by atoms with Crippen LogP contribution in [0.5, 0.6) is 0 Å². The summed E-state index contributed by atoms with van der Waals surface area (Å²) in [5, 5.41) is 9.63. The maximum absolute atomic E-state index is 11.9. The molecule has 1 aromatic carbocycles. The number of carbonyl (C=O) groups excluding carboxylic acids is 2. The first-order valence-electron chi connectivity index (χ1n) is 5.83. The van der Waals surface area contributed by atoms with Gasteiger partial charge < -0.3 is 4.74 Å². The lowest BCUT2D eigenvalue weighted by Crippen LogP contribution is -2.11. The molecule has 1 unspecified atom stereocenters. The predicted molar refractivity (Wildman–Crippen MR) is 70.7 cm³/mol. The van der Waals surface area contributed by atoms with E-state index in [0.717, 1.165) is 0 Å². The van der Waals surface area contributed by atoms with Crippen molar-refractivity contribution in [3.05, 3.63) is 34.9 Å². The Labute approximate surface area is 116 Å². The van der Waals surface area contributed by atoms with E-state index in [1.165, 1.54) is 7.11 Å². The molecule has 19 heavy (non-hydrogen) atoms. The third-order valence-corrected chi connectivity index (χ3v) is 2.94. The number of nitrogens with zero attached hydrogens (tertiary/aromatic N) is 1. The second-order valence-corrected chi connectivity index (χ2v) is 4.45. The van der Waals surface area contributed by atoms with Crippen LogP contribution in [0.25, 0.3) is 0 Å². The molecule has 4 nitrogen and oxygen atoms in total. The van der Waals surface area contributed by atoms with Crippen LogP contribution in [0, 0.1) is 11.3 Å². The van der Waals surface area contributed by atoms with Crippen molar-refractivity contribution in [1.29, 1.82) is 5.26 Å². The van der Waals surface area contributed by atoms with Gasteiger partial charge in [0.1, 0.15) is 5.92 Å². The van der Waals surface area contributed by atoms with Crippen LogP contribution < -0.4 is 0 Å². The Morgan fingerprint density at radius 3 is 2.47 bits per heavy atom. The summed E-state index contributed by atoms with van der Waals surface area (Å²) in [6, 6.07) is 8.59. The SMILES string of the molecule is COC(=O)CCCC(=O)C(C#N)c1ccc(Cl)cc1. The Hall–Kier alpha value is -1.86. The van der Waals surface area contributed by atoms with Crippen LogP contribution >= 0.6 is 11.6 Å². The second-order valence-electron chi connectivity index (χ2n) is 4.01. The fourth-order valence-electron chi connectivity index (χ4n) is 1.64. The summed E-state index contributed by atoms with van der Waals surface area (Å²) in [5.41, 5.74) is 0.620. The van der Waals surface area contributed by atoms with E-state index in [0.29, 0.717) is 17.0 Å². The summed E-state index contributed by atoms with van der Waals surface area (Å²) >= 11 is 5.75. The van der Waals surface area contributed by atoms with Crippen molar-refractivity contribution in [3.63, 3.8) is 0 Å². The van der Waals surface area contributed by atoms with Gasteiger partial charge in [0.25, 0.3) is 0 Å². The summed E-state index contributed by atoms with van der Waals surface area (Å²) in [6.07, 6.45) is 0.744. The van der Waals surface area contributed by atoms with Gasteiger partial charge in [-0.1, -0.05) is 23.7 Å². The van der Waals surface area contributed by atoms with Crippen molar-refractivity contribution in [3.8, 4) is 6.07 Å². The molecular weight excluding hydrogens is 266 g/mol. The van der Waals surface area contributed by atoms with Crippen molar-refractivity contribution in [2.75, 3.05) is 7.11 Å². The number of rotatable bonds is 6. The molecule has 0 aromatic heterocycles. The first-order valence-corrected chi connectivity index (χ1v) is 6.21. The number of ketones is 1. The first kappa shape index (κ1) is 15.2. The predicted octanol–water partition coefficient (Wildman–Crippen LogP) is 2.86. The lowest BCUT2D eigenvalue weighted by atomic mass is 9.93. The van der Waals surface area contributed by atoms with E-state index < -0.39 is 5.92 Å². The fraction of sp³-hybridized carbons (Fsp3) is 0.357. The Morgan fingerprint density at radius 2 is 1.95 bits per heavy atom. The fourth-order valence-corrected chi connectivity index (χ4v) is 1.77. The molecular formula is C14H14ClNO3. The number of hydrogen-bond acceptors (Lipinski definition) is 4. The van der Waals surface area contributed by atoms with Crippen molar-refractivity contribution < 1.29 is 14.3 Å². The number of methoxy groups -OCH3 is 1. The number of benzene rings is 1. The number of ether oxygens (including phenoxy) is 1. The van der Waals surface area contributed by atoms with Gasteiger partial charge in [-0.05, 0) is 24.1 Å². The Kier molecular flexibility index (Phi) is 6.04. The maximum atomic E-state index is 11.9. The normalized spacial score (nSPS) is 11.4. The third-order valence-electron chi connectivity index (χ3n) is 2.69. The van der Waals surface area contributed by atoms with Gasteiger partial charge in [0.05, 0.1) is 13.2 Å². The molecule has 0 aliphatic carbocycles. The van der Waals surface area contributed by atoms with E-state index in [1.54, 1.807) is 24.3 Å². The summed E-state index contributed by atoms with van der Waals surface area (Å²) < 4.78 is 4.49. The van der Waals surface area contributed by atoms with Crippen LogP contribution in [0.3, 0.4) is 0 Å². The summed E-state index contributed by atoms with van der Waals surface area (Å²) in [4.78, 5) is 22.8. The van der Waals surface area contributed by atoms with E-state index in [-0.39, 0.29) is 24.6 Å². The lowest BCUT2D eigenvalue weighted by molar-refractivity contribution is -0.140. The number of halogens is 1. The number of nitriles is 1. The van der Waals surface area contributed by atoms with Crippen molar-refractivity contribution in [2.24, 2.45) is 0 Å². The molecule has 0 fully saturated rings. The zero-order valence-electron chi connectivity index (χ0n) is 10.6. The smallest absolute Gasteiger partial charge is 0.305 e. The van der Waals surface area contributed by atoms with E-state index in [9.17, 15) is 9.59 Å². The maximum Gasteiger partial charge on any atom is 0.305 e. The van der Waals surface area contributed by atoms with Gasteiger partial charge >= 0.3 is 5.97 Å². The van der Waals surface area contributed by atoms with Gasteiger partial charge in [-0.2, -0.15) is 5.26 Å². The number of esters is 1. The molecule has 0 aliphatic heterocycles. The lowest BCUT2D eigenvalue weighted by Gasteiger charge is -2.08. The van der Waals surface area contributed by atoms with E-state index >= 15 is 0 Å². The van der Waals surface area contributed by atoms with Crippen LogP contribution in [0.4, 0.5) is 0 Å². The zero-order valence-corrected chi connectivity index (χ0v) is 11.3. The quantitative estimate of drug-likeness (QED) is 0.751. The molecule has 0 amide bonds. The molecule has 0 bridgehead atoms. The summed E-state index contributed by atoms with van der Waals surface area (Å²) in [7, 11) is 1.30. The van der Waals surface area contributed by atoms with Gasteiger partial charge in [0.15, 0.2) is 5.78 Å². The molecule has 0 N–H and O–H groups in total. The zero-order chi connectivity index (χ0) is 14.3. The highest BCUT2D eigenvalue weighted by molar-refractivity contribution is 6.30. The molecule has 0 saturated heterocycles. The minimum Gasteiger partial charge on any atom is -0.469 e. The van der Waals surface area contributed by atoms with E-state index in [4.69, 9.17) is 16.9 Å². The standard InChI is InChI=1S/C14H14ClNO3/c1-19-14(18)4-2-3-13(17)12(9-16)10-5-7-11(15)8-6-10/h5-8,12H,2-4H2,1H3. The van der Waals surface area contributed by atoms with Crippen LogP contribution in [0.1, 0.15) is 30.7 Å². The third kappa shape index (κ3) is 4.72. The highest BCUT2D eigenvalue weighted by Gasteiger charge is 2.19. The molecule has 100 valence electrons. The van der Waals surface area contributed by atoms with Gasteiger partial charge in [-0.3, -0.25) is 9.59 Å². The number of Topliss-reactive ketones (excluding diaryl/α,β-unsaturated/α-hetero) is 1. The van der Waals surface area contributed by atoms with Crippen molar-refractivity contribution in [1.82, 2.24) is 0 Å². The topological polar surface area (TPSA) is 67.2 Å². The van der Waals surface area contributed by atoms with Crippen LogP contribution in [-0.4, -0.2) is 18.9 Å². The van der Waals surface area contributed by atoms with Gasteiger partial charge in [0, 0.05) is 17.9 Å². The van der Waals surface area contributed by atoms with Gasteiger partial charge in [-0.25, -0.2) is 0 Å². The Bertz CT molecular complexity index is 490. The van der Waals surface area contributed by atoms with Gasteiger partial charge in [-0.15, -0.1) is 0 Å². The highest BCUT2D eigenvalue weighted by Crippen LogP contribution is 2.21. The molecule has 5 heteroatoms. The van der Waals surface area contributed by atoms with Crippen LogP contribution in [0.15, 0.2) is 24.3 Å². The molecule has 0 spiro atoms. The van der Waals surface area contributed by atoms with Crippen LogP contribution in [0.2, 0.25) is 5.02 Å². The first-order chi connectivity index (χ1) is 9.08. The molecule has 0 heterocycles. The number of carbonyl (C=O) groups is 2. The molecule has 1 atom stereocenters. The average Bonchev–Trinajstić information content (AvgIpc) is 2.41. The van der Waals surface area contributed by atoms with E-state index in [1.807, 2.05) is 6.07 Å². The second kappa shape index (κ2) is 7.55. The monoisotopic (exact) mass is 279 g/mol. The molecule has 0 saturated carbocycles. The van der Waals surface area contributed by atoms with E-state index in [2.05, 4.69) is 4.74 Å². The molecule has 1 rings (SSSR count).